The predicted molar refractivity (Wildman–Crippen MR) is 104 cm³/mol. The number of hydrogen-bond donors (Lipinski definition) is 2. The van der Waals surface area contributed by atoms with Crippen molar-refractivity contribution in [2.45, 2.75) is 50.7 Å². The first kappa shape index (κ1) is 18.6. The Morgan fingerprint density at radius 2 is 1.69 bits per heavy atom. The van der Waals surface area contributed by atoms with E-state index in [0.717, 1.165) is 5.56 Å². The molecular formula is C22H28N2O2. The highest BCUT2D eigenvalue weighted by Crippen LogP contribution is 2.49. The number of hydrogen-bond acceptors (Lipinski definition) is 3. The molecule has 0 saturated heterocycles. The molecule has 0 bridgehead atoms. The average Bonchev–Trinajstić information content (AvgIpc) is 2.57. The van der Waals surface area contributed by atoms with Crippen LogP contribution in [-0.4, -0.2) is 18.1 Å². The van der Waals surface area contributed by atoms with Gasteiger partial charge in [0.2, 0.25) is 5.91 Å². The number of carbonyl (C=O) groups is 1. The molecule has 4 N–H and O–H groups in total. The second kappa shape index (κ2) is 6.86. The zero-order valence-electron chi connectivity index (χ0n) is 15.8. The molecule has 0 aliphatic heterocycles. The Morgan fingerprint density at radius 3 is 2.23 bits per heavy atom. The number of primary amides is 1. The summed E-state index contributed by atoms with van der Waals surface area (Å²) in [6.45, 7) is 6.76. The molecule has 0 unspecified atom stereocenters. The van der Waals surface area contributed by atoms with Crippen LogP contribution in [0, 0.1) is 13.8 Å². The lowest BCUT2D eigenvalue weighted by molar-refractivity contribution is -0.131. The fourth-order valence-corrected chi connectivity index (χ4v) is 4.14. The molecule has 1 amide bonds. The van der Waals surface area contributed by atoms with E-state index in [1.54, 1.807) is 0 Å². The van der Waals surface area contributed by atoms with Crippen molar-refractivity contribution >= 4 is 5.91 Å². The minimum atomic E-state index is -0.942. The summed E-state index contributed by atoms with van der Waals surface area (Å²) in [6, 6.07) is 16.6. The molecule has 1 aliphatic carbocycles. The predicted octanol–water partition coefficient (Wildman–Crippen LogP) is 3.30. The van der Waals surface area contributed by atoms with Crippen LogP contribution in [0.2, 0.25) is 0 Å². The molecule has 4 nitrogen and oxygen atoms in total. The van der Waals surface area contributed by atoms with Gasteiger partial charge in [0, 0.05) is 5.41 Å². The van der Waals surface area contributed by atoms with Gasteiger partial charge in [-0.25, -0.2) is 0 Å². The molecule has 1 saturated carbocycles. The van der Waals surface area contributed by atoms with Gasteiger partial charge in [0.15, 0.2) is 0 Å². The van der Waals surface area contributed by atoms with Crippen LogP contribution in [-0.2, 0) is 14.9 Å². The van der Waals surface area contributed by atoms with Crippen LogP contribution in [0.25, 0.3) is 0 Å². The van der Waals surface area contributed by atoms with Gasteiger partial charge in [-0.15, -0.1) is 0 Å². The zero-order chi connectivity index (χ0) is 18.9. The first-order chi connectivity index (χ1) is 12.2. The number of rotatable bonds is 6. The molecule has 1 fully saturated rings. The minimum absolute atomic E-state index is 0.0319. The Balaban J connectivity index is 1.78. The molecule has 0 aromatic heterocycles. The molecule has 1 aliphatic rings. The van der Waals surface area contributed by atoms with Gasteiger partial charge in [0.1, 0.15) is 0 Å². The Hall–Kier alpha value is -2.17. The largest absolute Gasteiger partial charge is 0.373 e. The summed E-state index contributed by atoms with van der Waals surface area (Å²) in [6.07, 6.45) is 0.994. The quantitative estimate of drug-likeness (QED) is 0.837. The molecule has 4 heteroatoms. The van der Waals surface area contributed by atoms with E-state index < -0.39 is 11.4 Å². The number of carbonyl (C=O) groups excluding carboxylic acids is 1. The van der Waals surface area contributed by atoms with E-state index in [1.165, 1.54) is 16.7 Å². The van der Waals surface area contributed by atoms with Crippen LogP contribution >= 0.6 is 0 Å². The molecule has 0 heterocycles. The SMILES string of the molecule is Cc1cc(C)cc([C@@H](C)OC[C@]2(c3ccccc3)C[C@](N)(C(N)=O)C2)c1. The van der Waals surface area contributed by atoms with Gasteiger partial charge in [-0.1, -0.05) is 59.7 Å². The van der Waals surface area contributed by atoms with Crippen molar-refractivity contribution in [1.29, 1.82) is 0 Å². The summed E-state index contributed by atoms with van der Waals surface area (Å²) in [5, 5.41) is 0. The van der Waals surface area contributed by atoms with Crippen LogP contribution in [0.1, 0.15) is 48.1 Å². The highest BCUT2D eigenvalue weighted by atomic mass is 16.5. The van der Waals surface area contributed by atoms with E-state index in [4.69, 9.17) is 16.2 Å². The molecule has 1 atom stereocenters. The third kappa shape index (κ3) is 3.53. The second-order valence-electron chi connectivity index (χ2n) is 7.89. The lowest BCUT2D eigenvalue weighted by Crippen LogP contribution is -2.68. The second-order valence-corrected chi connectivity index (χ2v) is 7.89. The van der Waals surface area contributed by atoms with E-state index in [-0.39, 0.29) is 11.5 Å². The van der Waals surface area contributed by atoms with E-state index >= 15 is 0 Å². The summed E-state index contributed by atoms with van der Waals surface area (Å²) in [7, 11) is 0. The van der Waals surface area contributed by atoms with Gasteiger partial charge >= 0.3 is 0 Å². The maximum absolute atomic E-state index is 11.7. The zero-order valence-corrected chi connectivity index (χ0v) is 15.8. The van der Waals surface area contributed by atoms with Gasteiger partial charge in [0.05, 0.1) is 18.2 Å². The topological polar surface area (TPSA) is 78.3 Å². The third-order valence-electron chi connectivity index (χ3n) is 5.51. The first-order valence-corrected chi connectivity index (χ1v) is 9.08. The smallest absolute Gasteiger partial charge is 0.237 e. The van der Waals surface area contributed by atoms with Crippen molar-refractivity contribution in [2.75, 3.05) is 6.61 Å². The molecule has 0 spiro atoms. The lowest BCUT2D eigenvalue weighted by Gasteiger charge is -2.53. The number of ether oxygens (including phenoxy) is 1. The standard InChI is InChI=1S/C22H28N2O2/c1-15-9-16(2)11-18(10-15)17(3)26-14-21(19-7-5-4-6-8-19)12-22(24,13-21)20(23)25/h4-11,17H,12-14,24H2,1-3H3,(H2,23,25)/t17-,21-,22+/m1/s1. The number of amides is 1. The monoisotopic (exact) mass is 352 g/mol. The maximum Gasteiger partial charge on any atom is 0.237 e. The van der Waals surface area contributed by atoms with Crippen molar-refractivity contribution in [3.05, 3.63) is 70.8 Å². The highest BCUT2D eigenvalue weighted by molar-refractivity contribution is 5.86. The Labute approximate surface area is 155 Å². The van der Waals surface area contributed by atoms with Gasteiger partial charge < -0.3 is 16.2 Å². The number of aryl methyl sites for hydroxylation is 2. The van der Waals surface area contributed by atoms with Crippen molar-refractivity contribution in [2.24, 2.45) is 11.5 Å². The molecule has 26 heavy (non-hydrogen) atoms. The Bertz CT molecular complexity index is 775. The summed E-state index contributed by atoms with van der Waals surface area (Å²) in [5.41, 5.74) is 15.3. The average molecular weight is 352 g/mol. The van der Waals surface area contributed by atoms with Gasteiger partial charge in [0.25, 0.3) is 0 Å². The fourth-order valence-electron chi connectivity index (χ4n) is 4.14. The highest BCUT2D eigenvalue weighted by Gasteiger charge is 2.56. The summed E-state index contributed by atoms with van der Waals surface area (Å²) >= 11 is 0. The Kier molecular flexibility index (Phi) is 4.91. The molecule has 2 aromatic carbocycles. The van der Waals surface area contributed by atoms with Crippen LogP contribution in [0.15, 0.2) is 48.5 Å². The van der Waals surface area contributed by atoms with E-state index in [2.05, 4.69) is 51.1 Å². The third-order valence-corrected chi connectivity index (χ3v) is 5.51. The van der Waals surface area contributed by atoms with Crippen LogP contribution < -0.4 is 11.5 Å². The van der Waals surface area contributed by atoms with Gasteiger partial charge in [-0.3, -0.25) is 4.79 Å². The lowest BCUT2D eigenvalue weighted by atomic mass is 9.55. The molecule has 3 rings (SSSR count). The summed E-state index contributed by atoms with van der Waals surface area (Å²) in [5.74, 6) is -0.439. The maximum atomic E-state index is 11.7. The fraction of sp³-hybridized carbons (Fsp3) is 0.409. The summed E-state index contributed by atoms with van der Waals surface area (Å²) in [4.78, 5) is 11.7. The van der Waals surface area contributed by atoms with E-state index in [1.807, 2.05) is 18.2 Å². The molecule has 2 aromatic rings. The summed E-state index contributed by atoms with van der Waals surface area (Å²) < 4.78 is 6.27. The molecular weight excluding hydrogens is 324 g/mol. The molecule has 0 radical (unpaired) electrons. The first-order valence-electron chi connectivity index (χ1n) is 9.08. The van der Waals surface area contributed by atoms with Gasteiger partial charge in [-0.05, 0) is 44.7 Å². The molecule has 138 valence electrons. The normalized spacial score (nSPS) is 26.2. The minimum Gasteiger partial charge on any atom is -0.373 e. The number of benzene rings is 2. The van der Waals surface area contributed by atoms with Crippen molar-refractivity contribution < 1.29 is 9.53 Å². The van der Waals surface area contributed by atoms with Gasteiger partial charge in [-0.2, -0.15) is 0 Å². The van der Waals surface area contributed by atoms with Crippen LogP contribution in [0.5, 0.6) is 0 Å². The van der Waals surface area contributed by atoms with Crippen molar-refractivity contribution in [3.63, 3.8) is 0 Å². The van der Waals surface area contributed by atoms with Crippen molar-refractivity contribution in [3.8, 4) is 0 Å². The van der Waals surface area contributed by atoms with Crippen molar-refractivity contribution in [1.82, 2.24) is 0 Å². The van der Waals surface area contributed by atoms with Crippen LogP contribution in [0.4, 0.5) is 0 Å². The van der Waals surface area contributed by atoms with E-state index in [9.17, 15) is 4.79 Å². The number of nitrogens with two attached hydrogens (primary N) is 2. The van der Waals surface area contributed by atoms with E-state index in [0.29, 0.717) is 19.4 Å². The Morgan fingerprint density at radius 1 is 1.12 bits per heavy atom. The van der Waals surface area contributed by atoms with Crippen LogP contribution in [0.3, 0.4) is 0 Å².